The normalized spacial score (nSPS) is 12.6. The van der Waals surface area contributed by atoms with E-state index in [-0.39, 0.29) is 5.56 Å². The number of hydrogen-bond acceptors (Lipinski definition) is 3. The standard InChI is InChI=1S/C18H13ClN2OS/c1-10-7-11(2)16-14(8-10)21-17(22)15(23-18(21)20-16)9-12-3-5-13(19)6-4-12/h3-9H,1-2H3/b15-9+. The van der Waals surface area contributed by atoms with Gasteiger partial charge in [-0.15, -0.1) is 0 Å². The van der Waals surface area contributed by atoms with E-state index in [0.717, 1.165) is 32.7 Å². The molecule has 3 nitrogen and oxygen atoms in total. The quantitative estimate of drug-likeness (QED) is 0.529. The van der Waals surface area contributed by atoms with Gasteiger partial charge in [-0.1, -0.05) is 41.1 Å². The van der Waals surface area contributed by atoms with Crippen molar-refractivity contribution in [2.75, 3.05) is 0 Å². The van der Waals surface area contributed by atoms with Crippen molar-refractivity contribution < 1.29 is 0 Å². The predicted octanol–water partition coefficient (Wildman–Crippen LogP) is 3.73. The molecule has 0 unspecified atom stereocenters. The number of imidazole rings is 1. The Morgan fingerprint density at radius 1 is 1.17 bits per heavy atom. The van der Waals surface area contributed by atoms with Crippen LogP contribution in [0.5, 0.6) is 0 Å². The van der Waals surface area contributed by atoms with Gasteiger partial charge >= 0.3 is 0 Å². The van der Waals surface area contributed by atoms with Crippen molar-refractivity contribution in [3.8, 4) is 0 Å². The van der Waals surface area contributed by atoms with E-state index in [1.165, 1.54) is 11.3 Å². The average Bonchev–Trinajstić information content (AvgIpc) is 3.00. The van der Waals surface area contributed by atoms with Gasteiger partial charge in [0.1, 0.15) is 0 Å². The van der Waals surface area contributed by atoms with Crippen LogP contribution < -0.4 is 10.1 Å². The molecule has 0 saturated carbocycles. The molecule has 2 aromatic heterocycles. The Labute approximate surface area is 141 Å². The van der Waals surface area contributed by atoms with Crippen molar-refractivity contribution >= 4 is 45.0 Å². The van der Waals surface area contributed by atoms with Crippen molar-refractivity contribution in [3.63, 3.8) is 0 Å². The van der Waals surface area contributed by atoms with E-state index < -0.39 is 0 Å². The van der Waals surface area contributed by atoms with Crippen molar-refractivity contribution in [2.24, 2.45) is 0 Å². The first-order chi connectivity index (χ1) is 11.0. The van der Waals surface area contributed by atoms with Crippen LogP contribution in [0.15, 0.2) is 41.2 Å². The molecular formula is C18H13ClN2OS. The number of nitrogens with zero attached hydrogens (tertiary/aromatic N) is 2. The molecule has 0 N–H and O–H groups in total. The maximum Gasteiger partial charge on any atom is 0.274 e. The van der Waals surface area contributed by atoms with Crippen LogP contribution >= 0.6 is 22.9 Å². The molecule has 0 bridgehead atoms. The van der Waals surface area contributed by atoms with E-state index in [1.54, 1.807) is 4.40 Å². The van der Waals surface area contributed by atoms with Gasteiger partial charge in [-0.2, -0.15) is 0 Å². The summed E-state index contributed by atoms with van der Waals surface area (Å²) in [6, 6.07) is 11.5. The molecule has 0 fully saturated rings. The number of fused-ring (bicyclic) bond motifs is 3. The molecule has 114 valence electrons. The molecule has 0 amide bonds. The number of benzene rings is 2. The van der Waals surface area contributed by atoms with Crippen LogP contribution in [0.3, 0.4) is 0 Å². The summed E-state index contributed by atoms with van der Waals surface area (Å²) >= 11 is 7.31. The van der Waals surface area contributed by atoms with Gasteiger partial charge in [-0.05, 0) is 54.8 Å². The van der Waals surface area contributed by atoms with E-state index in [2.05, 4.69) is 11.1 Å². The Bertz CT molecular complexity index is 1160. The number of thiazole rings is 1. The summed E-state index contributed by atoms with van der Waals surface area (Å²) in [4.78, 5) is 18.1. The molecule has 0 saturated heterocycles. The highest BCUT2D eigenvalue weighted by Crippen LogP contribution is 2.21. The van der Waals surface area contributed by atoms with Crippen LogP contribution in [0.1, 0.15) is 16.7 Å². The summed E-state index contributed by atoms with van der Waals surface area (Å²) in [6.07, 6.45) is 1.88. The third-order valence-corrected chi connectivity index (χ3v) is 5.07. The SMILES string of the molecule is Cc1cc(C)c2nc3s/c(=C/c4ccc(Cl)cc4)c(=O)n3c2c1. The first kappa shape index (κ1) is 14.4. The maximum atomic E-state index is 12.8. The number of halogens is 1. The topological polar surface area (TPSA) is 34.4 Å². The highest BCUT2D eigenvalue weighted by atomic mass is 35.5. The molecule has 2 heterocycles. The summed E-state index contributed by atoms with van der Waals surface area (Å²) in [5, 5.41) is 0.683. The zero-order valence-corrected chi connectivity index (χ0v) is 14.2. The number of aromatic nitrogens is 2. The highest BCUT2D eigenvalue weighted by molar-refractivity contribution is 7.15. The van der Waals surface area contributed by atoms with Crippen LogP contribution in [0, 0.1) is 13.8 Å². The van der Waals surface area contributed by atoms with E-state index in [9.17, 15) is 4.79 Å². The Hall–Kier alpha value is -2.17. The van der Waals surface area contributed by atoms with Gasteiger partial charge in [0.2, 0.25) is 0 Å². The molecule has 5 heteroatoms. The van der Waals surface area contributed by atoms with Gasteiger partial charge in [-0.3, -0.25) is 4.79 Å². The lowest BCUT2D eigenvalue weighted by atomic mass is 10.1. The van der Waals surface area contributed by atoms with Gasteiger partial charge in [0, 0.05) is 5.02 Å². The lowest BCUT2D eigenvalue weighted by Gasteiger charge is -1.97. The van der Waals surface area contributed by atoms with Crippen LogP contribution in [-0.4, -0.2) is 9.38 Å². The monoisotopic (exact) mass is 340 g/mol. The molecule has 0 aliphatic heterocycles. The Morgan fingerprint density at radius 3 is 2.65 bits per heavy atom. The Balaban J connectivity index is 2.02. The zero-order chi connectivity index (χ0) is 16.1. The molecule has 23 heavy (non-hydrogen) atoms. The van der Waals surface area contributed by atoms with Gasteiger partial charge in [-0.25, -0.2) is 9.38 Å². The second kappa shape index (κ2) is 5.18. The van der Waals surface area contributed by atoms with Crippen molar-refractivity contribution in [3.05, 3.63) is 73.0 Å². The van der Waals surface area contributed by atoms with E-state index >= 15 is 0 Å². The molecule has 0 spiro atoms. The fourth-order valence-corrected chi connectivity index (χ4v) is 3.93. The van der Waals surface area contributed by atoms with Gasteiger partial charge in [0.25, 0.3) is 5.56 Å². The molecule has 4 rings (SSSR count). The maximum absolute atomic E-state index is 12.8. The Morgan fingerprint density at radius 2 is 1.91 bits per heavy atom. The minimum atomic E-state index is -0.0209. The summed E-state index contributed by atoms with van der Waals surface area (Å²) in [5.41, 5.74) is 4.94. The number of aryl methyl sites for hydroxylation is 2. The lowest BCUT2D eigenvalue weighted by Crippen LogP contribution is -2.22. The molecule has 0 atom stereocenters. The van der Waals surface area contributed by atoms with Crippen molar-refractivity contribution in [2.45, 2.75) is 13.8 Å². The molecule has 2 aromatic carbocycles. The van der Waals surface area contributed by atoms with Gasteiger partial charge in [0.05, 0.1) is 15.6 Å². The fourth-order valence-electron chi connectivity index (χ4n) is 2.82. The first-order valence-corrected chi connectivity index (χ1v) is 8.42. The molecule has 4 aromatic rings. The van der Waals surface area contributed by atoms with Crippen molar-refractivity contribution in [1.82, 2.24) is 9.38 Å². The number of rotatable bonds is 1. The lowest BCUT2D eigenvalue weighted by molar-refractivity contribution is 1.18. The van der Waals surface area contributed by atoms with E-state index in [4.69, 9.17) is 11.6 Å². The second-order valence-corrected chi connectivity index (χ2v) is 7.09. The van der Waals surface area contributed by atoms with Gasteiger partial charge in [0.15, 0.2) is 4.96 Å². The molecule has 0 radical (unpaired) electrons. The molecule has 0 aliphatic carbocycles. The third-order valence-electron chi connectivity index (χ3n) is 3.85. The molecular weight excluding hydrogens is 328 g/mol. The third kappa shape index (κ3) is 2.35. The smallest absolute Gasteiger partial charge is 0.267 e. The summed E-state index contributed by atoms with van der Waals surface area (Å²) in [5.74, 6) is 0. The minimum absolute atomic E-state index is 0.0209. The van der Waals surface area contributed by atoms with E-state index in [1.807, 2.05) is 50.3 Å². The first-order valence-electron chi connectivity index (χ1n) is 7.22. The van der Waals surface area contributed by atoms with E-state index in [0.29, 0.717) is 9.55 Å². The minimum Gasteiger partial charge on any atom is -0.267 e. The fraction of sp³-hybridized carbons (Fsp3) is 0.111. The van der Waals surface area contributed by atoms with Crippen LogP contribution in [0.25, 0.3) is 22.1 Å². The van der Waals surface area contributed by atoms with Crippen LogP contribution in [-0.2, 0) is 0 Å². The predicted molar refractivity (Wildman–Crippen MR) is 96.6 cm³/mol. The van der Waals surface area contributed by atoms with Crippen LogP contribution in [0.2, 0.25) is 5.02 Å². The second-order valence-electron chi connectivity index (χ2n) is 5.65. The summed E-state index contributed by atoms with van der Waals surface area (Å²) in [6.45, 7) is 4.06. The van der Waals surface area contributed by atoms with Crippen LogP contribution in [0.4, 0.5) is 0 Å². The highest BCUT2D eigenvalue weighted by Gasteiger charge is 2.13. The molecule has 0 aliphatic rings. The Kier molecular flexibility index (Phi) is 3.25. The number of hydrogen-bond donors (Lipinski definition) is 0. The zero-order valence-electron chi connectivity index (χ0n) is 12.6. The summed E-state index contributed by atoms with van der Waals surface area (Å²) < 4.78 is 2.39. The average molecular weight is 341 g/mol. The largest absolute Gasteiger partial charge is 0.274 e. The van der Waals surface area contributed by atoms with Crippen molar-refractivity contribution in [1.29, 1.82) is 0 Å². The summed E-state index contributed by atoms with van der Waals surface area (Å²) in [7, 11) is 0. The van der Waals surface area contributed by atoms with Gasteiger partial charge < -0.3 is 0 Å².